The van der Waals surface area contributed by atoms with Gasteiger partial charge in [-0.3, -0.25) is 14.2 Å². The number of carbonyl (C=O) groups excluding carboxylic acids is 2. The summed E-state index contributed by atoms with van der Waals surface area (Å²) >= 11 is 0.999. The molecule has 0 aliphatic carbocycles. The number of rotatable bonds is 12. The van der Waals surface area contributed by atoms with Gasteiger partial charge in [0.25, 0.3) is 5.56 Å². The quantitative estimate of drug-likeness (QED) is 0.321. The number of thiophene rings is 1. The molecule has 0 saturated heterocycles. The van der Waals surface area contributed by atoms with E-state index in [1.807, 2.05) is 18.2 Å². The summed E-state index contributed by atoms with van der Waals surface area (Å²) in [5.74, 6) is -0.534. The molecular formula is C27H36N4O7S. The maximum Gasteiger partial charge on any atom is 0.348 e. The fraction of sp³-hybridized carbons (Fsp3) is 0.481. The van der Waals surface area contributed by atoms with Gasteiger partial charge in [-0.25, -0.2) is 14.2 Å². The van der Waals surface area contributed by atoms with Crippen molar-refractivity contribution in [3.05, 3.63) is 61.1 Å². The molecule has 39 heavy (non-hydrogen) atoms. The molecule has 12 heteroatoms. The summed E-state index contributed by atoms with van der Waals surface area (Å²) < 4.78 is 19.1. The van der Waals surface area contributed by atoms with E-state index in [0.29, 0.717) is 23.4 Å². The predicted octanol–water partition coefficient (Wildman–Crippen LogP) is 2.31. The molecule has 2 aromatic heterocycles. The molecule has 3 rings (SSSR count). The number of amides is 1. The lowest BCUT2D eigenvalue weighted by atomic mass is 10.0. The van der Waals surface area contributed by atoms with Crippen molar-refractivity contribution in [1.82, 2.24) is 14.5 Å². The highest BCUT2D eigenvalue weighted by Gasteiger charge is 2.36. The van der Waals surface area contributed by atoms with Crippen molar-refractivity contribution in [2.75, 3.05) is 33.4 Å². The number of aryl methyl sites for hydroxylation is 1. The highest BCUT2D eigenvalue weighted by molar-refractivity contribution is 7.20. The van der Waals surface area contributed by atoms with Crippen LogP contribution in [-0.2, 0) is 26.4 Å². The highest BCUT2D eigenvalue weighted by Crippen LogP contribution is 2.33. The van der Waals surface area contributed by atoms with Crippen molar-refractivity contribution in [3.63, 3.8) is 0 Å². The molecule has 2 heterocycles. The van der Waals surface area contributed by atoms with Crippen LogP contribution in [0.3, 0.4) is 0 Å². The van der Waals surface area contributed by atoms with Crippen LogP contribution in [0.1, 0.15) is 54.6 Å². The Kier molecular flexibility index (Phi) is 9.70. The van der Waals surface area contributed by atoms with Gasteiger partial charge in [0.2, 0.25) is 5.91 Å². The second-order valence-electron chi connectivity index (χ2n) is 9.30. The Balaban J connectivity index is 2.38. The number of para-hydroxylation sites is 1. The third kappa shape index (κ3) is 5.77. The summed E-state index contributed by atoms with van der Waals surface area (Å²) in [4.78, 5) is 54.2. The summed E-state index contributed by atoms with van der Waals surface area (Å²) in [6.45, 7) is 8.95. The van der Waals surface area contributed by atoms with Crippen molar-refractivity contribution in [2.45, 2.75) is 52.8 Å². The van der Waals surface area contributed by atoms with E-state index in [9.17, 15) is 19.2 Å². The molecule has 3 N–H and O–H groups in total. The summed E-state index contributed by atoms with van der Waals surface area (Å²) in [5, 5.41) is 2.86. The van der Waals surface area contributed by atoms with E-state index in [-0.39, 0.29) is 41.4 Å². The molecule has 3 aromatic rings. The number of benzene rings is 1. The van der Waals surface area contributed by atoms with E-state index in [4.69, 9.17) is 19.9 Å². The first-order valence-electron chi connectivity index (χ1n) is 12.7. The van der Waals surface area contributed by atoms with E-state index >= 15 is 0 Å². The molecule has 0 radical (unpaired) electrons. The Morgan fingerprint density at radius 1 is 1.18 bits per heavy atom. The number of aromatic nitrogens is 2. The van der Waals surface area contributed by atoms with Gasteiger partial charge in [0.15, 0.2) is 0 Å². The van der Waals surface area contributed by atoms with Crippen LogP contribution in [0.25, 0.3) is 10.2 Å². The molecule has 0 aliphatic rings. The molecule has 0 bridgehead atoms. The number of hydrogen-bond acceptors (Lipinski definition) is 9. The van der Waals surface area contributed by atoms with Gasteiger partial charge < -0.3 is 25.3 Å². The van der Waals surface area contributed by atoms with Gasteiger partial charge in [-0.15, -0.1) is 11.3 Å². The minimum absolute atomic E-state index is 0.0380. The number of fused-ring (bicyclic) bond motifs is 1. The number of methoxy groups -OCH3 is 1. The van der Waals surface area contributed by atoms with Crippen LogP contribution < -0.4 is 27.0 Å². The number of hydrogen-bond donors (Lipinski definition) is 2. The summed E-state index contributed by atoms with van der Waals surface area (Å²) in [6, 6.07) is 7.23. The largest absolute Gasteiger partial charge is 0.496 e. The minimum atomic E-state index is -1.53. The lowest BCUT2D eigenvalue weighted by molar-refractivity contribution is -0.128. The first-order valence-corrected chi connectivity index (χ1v) is 13.6. The maximum absolute atomic E-state index is 14.1. The second-order valence-corrected chi connectivity index (χ2v) is 10.3. The summed E-state index contributed by atoms with van der Waals surface area (Å²) in [5.41, 5.74) is 3.87. The number of carbonyl (C=O) groups is 2. The number of likely N-dealkylation sites (N-methyl/N-ethyl adjacent to an activating group) is 1. The molecule has 1 atom stereocenters. The molecule has 0 fully saturated rings. The number of ether oxygens (including phenoxy) is 3. The zero-order chi connectivity index (χ0) is 28.9. The molecule has 11 nitrogen and oxygen atoms in total. The molecule has 0 aliphatic heterocycles. The molecule has 212 valence electrons. The standard InChI is InChI=1S/C27H36N4O7S/c1-7-29-25(34)27(4,5)31-22(32)20-16(3)21(24(33)37-8-2)39-23(20)30(26(31)35)15-19(38-14-13-28)17-11-9-10-12-18(17)36-6/h9-12,19H,7-8,13-15,28H2,1-6H3,(H,29,34). The molecule has 0 saturated carbocycles. The van der Waals surface area contributed by atoms with Gasteiger partial charge in [-0.2, -0.15) is 0 Å². The van der Waals surface area contributed by atoms with E-state index < -0.39 is 34.8 Å². The highest BCUT2D eigenvalue weighted by atomic mass is 32.1. The SMILES string of the molecule is CCNC(=O)C(C)(C)n1c(=O)c2c(C)c(C(=O)OCC)sc2n(CC(OCCN)c2ccccc2OC)c1=O. The lowest BCUT2D eigenvalue weighted by Crippen LogP contribution is -2.55. The average molecular weight is 561 g/mol. The van der Waals surface area contributed by atoms with E-state index in [2.05, 4.69) is 5.32 Å². The fourth-order valence-electron chi connectivity index (χ4n) is 4.42. The Bertz CT molecular complexity index is 1470. The van der Waals surface area contributed by atoms with Crippen molar-refractivity contribution in [1.29, 1.82) is 0 Å². The van der Waals surface area contributed by atoms with Crippen LogP contribution in [0.15, 0.2) is 33.9 Å². The van der Waals surface area contributed by atoms with Gasteiger partial charge in [-0.1, -0.05) is 18.2 Å². The van der Waals surface area contributed by atoms with Crippen molar-refractivity contribution < 1.29 is 23.8 Å². The molecule has 1 aromatic carbocycles. The fourth-order valence-corrected chi connectivity index (χ4v) is 5.62. The Hall–Kier alpha value is -3.48. The number of nitrogens with zero attached hydrogens (tertiary/aromatic N) is 2. The van der Waals surface area contributed by atoms with Crippen LogP contribution in [-0.4, -0.2) is 54.4 Å². The van der Waals surface area contributed by atoms with Crippen LogP contribution in [0, 0.1) is 6.92 Å². The van der Waals surface area contributed by atoms with Gasteiger partial charge in [0.1, 0.15) is 27.1 Å². The Morgan fingerprint density at radius 2 is 1.87 bits per heavy atom. The van der Waals surface area contributed by atoms with Gasteiger partial charge >= 0.3 is 11.7 Å². The minimum Gasteiger partial charge on any atom is -0.496 e. The van der Waals surface area contributed by atoms with Crippen molar-refractivity contribution >= 4 is 33.4 Å². The Labute approximate surface area is 230 Å². The van der Waals surface area contributed by atoms with E-state index in [1.54, 1.807) is 26.8 Å². The third-order valence-electron chi connectivity index (χ3n) is 6.40. The second kappa shape index (κ2) is 12.6. The third-order valence-corrected chi connectivity index (χ3v) is 7.69. The van der Waals surface area contributed by atoms with Gasteiger partial charge in [0.05, 0.1) is 32.3 Å². The zero-order valence-electron chi connectivity index (χ0n) is 23.2. The normalized spacial score (nSPS) is 12.4. The first-order chi connectivity index (χ1) is 18.5. The smallest absolute Gasteiger partial charge is 0.348 e. The monoisotopic (exact) mass is 560 g/mol. The van der Waals surface area contributed by atoms with E-state index in [1.165, 1.54) is 25.5 Å². The number of esters is 1. The zero-order valence-corrected chi connectivity index (χ0v) is 24.0. The molecule has 1 amide bonds. The molecule has 1 unspecified atom stereocenters. The predicted molar refractivity (Wildman–Crippen MR) is 150 cm³/mol. The van der Waals surface area contributed by atoms with Crippen LogP contribution in [0.5, 0.6) is 5.75 Å². The van der Waals surface area contributed by atoms with Crippen molar-refractivity contribution in [3.8, 4) is 5.75 Å². The summed E-state index contributed by atoms with van der Waals surface area (Å²) in [6.07, 6.45) is -0.697. The number of nitrogens with one attached hydrogen (secondary N) is 1. The van der Waals surface area contributed by atoms with Crippen molar-refractivity contribution in [2.24, 2.45) is 5.73 Å². The topological polar surface area (TPSA) is 144 Å². The maximum atomic E-state index is 14.1. The van der Waals surface area contributed by atoms with Gasteiger partial charge in [-0.05, 0) is 46.2 Å². The van der Waals surface area contributed by atoms with E-state index in [0.717, 1.165) is 15.9 Å². The van der Waals surface area contributed by atoms with Crippen LogP contribution in [0.4, 0.5) is 0 Å². The molecular weight excluding hydrogens is 524 g/mol. The van der Waals surface area contributed by atoms with Crippen LogP contribution in [0.2, 0.25) is 0 Å². The van der Waals surface area contributed by atoms with Crippen LogP contribution >= 0.6 is 11.3 Å². The Morgan fingerprint density at radius 3 is 2.49 bits per heavy atom. The first kappa shape index (κ1) is 30.1. The van der Waals surface area contributed by atoms with Gasteiger partial charge in [0, 0.05) is 18.7 Å². The lowest BCUT2D eigenvalue weighted by Gasteiger charge is -2.27. The number of nitrogens with two attached hydrogens (primary N) is 1. The molecule has 0 spiro atoms. The average Bonchev–Trinajstić information content (AvgIpc) is 3.25. The summed E-state index contributed by atoms with van der Waals surface area (Å²) in [7, 11) is 1.53.